The fourth-order valence-electron chi connectivity index (χ4n) is 8.01. The molecule has 0 heterocycles. The summed E-state index contributed by atoms with van der Waals surface area (Å²) in [5.41, 5.74) is 0. The van der Waals surface area contributed by atoms with E-state index < -0.39 is 6.10 Å². The Balaban J connectivity index is 4.56. The highest BCUT2D eigenvalue weighted by molar-refractivity contribution is 5.71. The van der Waals surface area contributed by atoms with Gasteiger partial charge in [-0.25, -0.2) is 0 Å². The molecule has 0 aromatic rings. The molecule has 0 saturated heterocycles. The fourth-order valence-corrected chi connectivity index (χ4v) is 8.01. The van der Waals surface area contributed by atoms with Gasteiger partial charge in [0.15, 0.2) is 6.10 Å². The highest BCUT2D eigenvalue weighted by atomic mass is 16.6. The number of carbonyl (C=O) groups excluding carboxylic acids is 3. The molecule has 0 saturated carbocycles. The zero-order chi connectivity index (χ0) is 59.9. The molecule has 0 aliphatic carbocycles. The third kappa shape index (κ3) is 66.7. The third-order valence-corrected chi connectivity index (χ3v) is 12.8. The third-order valence-electron chi connectivity index (χ3n) is 12.8. The molecule has 0 N–H and O–H groups in total. The van der Waals surface area contributed by atoms with Crippen LogP contribution in [0.2, 0.25) is 0 Å². The monoisotopic (exact) mass is 1140 g/mol. The highest BCUT2D eigenvalue weighted by Gasteiger charge is 2.19. The summed E-state index contributed by atoms with van der Waals surface area (Å²) in [7, 11) is 0. The molecule has 1 atom stereocenters. The molecule has 0 aromatic heterocycles. The van der Waals surface area contributed by atoms with Gasteiger partial charge in [-0.1, -0.05) is 266 Å². The molecular formula is C77H116O6. The summed E-state index contributed by atoms with van der Waals surface area (Å²) in [5, 5.41) is 0. The van der Waals surface area contributed by atoms with Crippen LogP contribution in [0.1, 0.15) is 239 Å². The Bertz CT molecular complexity index is 2030. The van der Waals surface area contributed by atoms with Crippen LogP contribution < -0.4 is 0 Å². The van der Waals surface area contributed by atoms with Crippen LogP contribution in [-0.4, -0.2) is 37.2 Å². The number of allylic oxidation sites excluding steroid dienone is 34. The summed E-state index contributed by atoms with van der Waals surface area (Å²) in [6.45, 7) is 6.19. The van der Waals surface area contributed by atoms with E-state index in [1.165, 1.54) is 32.1 Å². The summed E-state index contributed by atoms with van der Waals surface area (Å²) in [5.74, 6) is -1.05. The second-order valence-electron chi connectivity index (χ2n) is 20.5. The van der Waals surface area contributed by atoms with Crippen molar-refractivity contribution in [3.05, 3.63) is 207 Å². The second-order valence-corrected chi connectivity index (χ2v) is 20.5. The standard InChI is InChI=1S/C77H116O6/c1-4-7-10-13-16-19-22-25-28-31-33-35-36-37-38-39-40-42-43-46-49-52-55-58-61-64-67-70-76(79)82-73-74(72-81-75(78)69-66-63-60-57-54-51-48-45-30-27-24-21-18-15-12-9-6-3)83-77(80)71-68-65-62-59-56-53-50-47-44-41-34-32-29-26-23-20-17-14-11-8-5-2/h7-12,16-21,25-30,33-35,37-38,40-42,47-48,50-51,56-57,59-60,74H,4-6,13-15,22-24,31-32,36,39,43-46,49,52-55,58,61-73H2,1-3H3/b10-7-,11-8-,12-9-,19-16-,20-17-,21-18-,28-25-,29-26-,30-27-,35-33-,38-37-,41-34-,42-40-,50-47-,51-48-,59-56-,60-57-. The molecule has 83 heavy (non-hydrogen) atoms. The van der Waals surface area contributed by atoms with Crippen LogP contribution in [0.3, 0.4) is 0 Å². The maximum Gasteiger partial charge on any atom is 0.306 e. The number of rotatable bonds is 56. The van der Waals surface area contributed by atoms with Crippen LogP contribution >= 0.6 is 0 Å². The fraction of sp³-hybridized carbons (Fsp3) is 0.519. The van der Waals surface area contributed by atoms with Crippen LogP contribution in [0.25, 0.3) is 0 Å². The molecule has 6 nitrogen and oxygen atoms in total. The molecule has 0 spiro atoms. The predicted octanol–water partition coefficient (Wildman–Crippen LogP) is 22.8. The minimum absolute atomic E-state index is 0.130. The van der Waals surface area contributed by atoms with E-state index in [1.54, 1.807) is 0 Å². The first kappa shape index (κ1) is 77.0. The SMILES string of the molecule is CC/C=C\C/C=C\C/C=C\C/C=C\C/C=C\C/C=C\CCCCCCCCCCC(=O)OCC(COC(=O)CCC/C=C\C/C=C\C/C=C\C/C=C\C/C=C\CC)OC(=O)CCCC/C=C\C/C=C\C/C=C\C/C=C\C/C=C\C/C=C\CC. The van der Waals surface area contributed by atoms with E-state index in [9.17, 15) is 14.4 Å². The van der Waals surface area contributed by atoms with Gasteiger partial charge in [0.2, 0.25) is 0 Å². The number of ether oxygens (including phenoxy) is 3. The number of hydrogen-bond acceptors (Lipinski definition) is 6. The molecule has 460 valence electrons. The zero-order valence-electron chi connectivity index (χ0n) is 52.6. The molecule has 0 aromatic carbocycles. The van der Waals surface area contributed by atoms with E-state index in [-0.39, 0.29) is 44.0 Å². The number of carbonyl (C=O) groups is 3. The molecule has 0 aliphatic rings. The van der Waals surface area contributed by atoms with Crippen molar-refractivity contribution in [3.63, 3.8) is 0 Å². The summed E-state index contributed by atoms with van der Waals surface area (Å²) >= 11 is 0. The largest absolute Gasteiger partial charge is 0.462 e. The Morgan fingerprint density at radius 1 is 0.241 bits per heavy atom. The van der Waals surface area contributed by atoms with Crippen LogP contribution in [0, 0.1) is 0 Å². The van der Waals surface area contributed by atoms with Crippen LogP contribution in [0.4, 0.5) is 0 Å². The predicted molar refractivity (Wildman–Crippen MR) is 361 cm³/mol. The van der Waals surface area contributed by atoms with E-state index in [0.717, 1.165) is 154 Å². The summed E-state index contributed by atoms with van der Waals surface area (Å²) < 4.78 is 16.8. The minimum Gasteiger partial charge on any atom is -0.462 e. The van der Waals surface area contributed by atoms with E-state index in [1.807, 2.05) is 0 Å². The molecule has 6 heteroatoms. The van der Waals surface area contributed by atoms with Gasteiger partial charge in [-0.05, 0) is 161 Å². The van der Waals surface area contributed by atoms with Gasteiger partial charge in [-0.2, -0.15) is 0 Å². The van der Waals surface area contributed by atoms with E-state index in [4.69, 9.17) is 14.2 Å². The Kier molecular flexibility index (Phi) is 63.5. The first-order valence-corrected chi connectivity index (χ1v) is 32.6. The van der Waals surface area contributed by atoms with Gasteiger partial charge in [-0.15, -0.1) is 0 Å². The van der Waals surface area contributed by atoms with Gasteiger partial charge >= 0.3 is 17.9 Å². The number of hydrogen-bond donors (Lipinski definition) is 0. The second kappa shape index (κ2) is 68.5. The number of unbranched alkanes of at least 4 members (excludes halogenated alkanes) is 11. The lowest BCUT2D eigenvalue weighted by Gasteiger charge is -2.18. The summed E-state index contributed by atoms with van der Waals surface area (Å²) in [6.07, 6.45) is 105. The lowest BCUT2D eigenvalue weighted by atomic mass is 10.1. The summed E-state index contributed by atoms with van der Waals surface area (Å²) in [4.78, 5) is 38.4. The van der Waals surface area contributed by atoms with Crippen molar-refractivity contribution in [1.82, 2.24) is 0 Å². The molecule has 0 amide bonds. The number of esters is 3. The molecule has 0 aliphatic heterocycles. The topological polar surface area (TPSA) is 78.9 Å². The van der Waals surface area contributed by atoms with Crippen molar-refractivity contribution in [3.8, 4) is 0 Å². The first-order chi connectivity index (χ1) is 41.0. The van der Waals surface area contributed by atoms with Crippen molar-refractivity contribution in [2.45, 2.75) is 245 Å². The van der Waals surface area contributed by atoms with Crippen molar-refractivity contribution < 1.29 is 28.6 Å². The van der Waals surface area contributed by atoms with Crippen LogP contribution in [0.15, 0.2) is 207 Å². The molecular weight excluding hydrogens is 1020 g/mol. The molecule has 1 unspecified atom stereocenters. The van der Waals surface area contributed by atoms with Crippen molar-refractivity contribution in [2.24, 2.45) is 0 Å². The van der Waals surface area contributed by atoms with Gasteiger partial charge in [0.25, 0.3) is 0 Å². The lowest BCUT2D eigenvalue weighted by Crippen LogP contribution is -2.30. The maximum absolute atomic E-state index is 12.9. The minimum atomic E-state index is -0.843. The quantitative estimate of drug-likeness (QED) is 0.0261. The molecule has 0 radical (unpaired) electrons. The average molecular weight is 1140 g/mol. The van der Waals surface area contributed by atoms with Gasteiger partial charge < -0.3 is 14.2 Å². The maximum atomic E-state index is 12.9. The van der Waals surface area contributed by atoms with Crippen molar-refractivity contribution >= 4 is 17.9 Å². The van der Waals surface area contributed by atoms with Crippen molar-refractivity contribution in [2.75, 3.05) is 13.2 Å². The zero-order valence-corrected chi connectivity index (χ0v) is 52.6. The first-order valence-electron chi connectivity index (χ1n) is 32.6. The van der Waals surface area contributed by atoms with E-state index in [2.05, 4.69) is 227 Å². The van der Waals surface area contributed by atoms with Crippen LogP contribution in [0.5, 0.6) is 0 Å². The van der Waals surface area contributed by atoms with Gasteiger partial charge in [-0.3, -0.25) is 14.4 Å². The Hall–Kier alpha value is -6.01. The average Bonchev–Trinajstić information content (AvgIpc) is 3.49. The Labute approximate surface area is 509 Å². The van der Waals surface area contributed by atoms with Gasteiger partial charge in [0.1, 0.15) is 13.2 Å². The van der Waals surface area contributed by atoms with Gasteiger partial charge in [0.05, 0.1) is 0 Å². The van der Waals surface area contributed by atoms with Gasteiger partial charge in [0, 0.05) is 19.3 Å². The highest BCUT2D eigenvalue weighted by Crippen LogP contribution is 2.13. The Morgan fingerprint density at radius 2 is 0.446 bits per heavy atom. The molecule has 0 rings (SSSR count). The normalized spacial score (nSPS) is 13.5. The smallest absolute Gasteiger partial charge is 0.306 e. The Morgan fingerprint density at radius 3 is 0.747 bits per heavy atom. The molecule has 0 bridgehead atoms. The van der Waals surface area contributed by atoms with Crippen LogP contribution in [-0.2, 0) is 28.6 Å². The van der Waals surface area contributed by atoms with E-state index >= 15 is 0 Å². The van der Waals surface area contributed by atoms with Crippen molar-refractivity contribution in [1.29, 1.82) is 0 Å². The lowest BCUT2D eigenvalue weighted by molar-refractivity contribution is -0.167. The van der Waals surface area contributed by atoms with E-state index in [0.29, 0.717) is 19.3 Å². The summed E-state index contributed by atoms with van der Waals surface area (Å²) in [6, 6.07) is 0. The molecule has 0 fully saturated rings.